The first-order valence-electron chi connectivity index (χ1n) is 9.68. The maximum atomic E-state index is 13.3. The van der Waals surface area contributed by atoms with E-state index in [1.807, 2.05) is 49.3 Å². The van der Waals surface area contributed by atoms with Crippen molar-refractivity contribution in [1.29, 1.82) is 0 Å². The molecule has 0 saturated carbocycles. The van der Waals surface area contributed by atoms with Crippen LogP contribution in [0.15, 0.2) is 41.8 Å². The summed E-state index contributed by atoms with van der Waals surface area (Å²) in [7, 11) is 0. The van der Waals surface area contributed by atoms with Crippen molar-refractivity contribution in [2.75, 3.05) is 18.5 Å². The second-order valence-electron chi connectivity index (χ2n) is 8.18. The number of ether oxygens (including phenoxy) is 1. The Bertz CT molecular complexity index is 805. The van der Waals surface area contributed by atoms with Crippen LogP contribution >= 0.6 is 11.3 Å². The summed E-state index contributed by atoms with van der Waals surface area (Å²) in [6.45, 7) is 7.50. The number of nitrogens with one attached hydrogen (secondary N) is 1. The van der Waals surface area contributed by atoms with E-state index in [0.29, 0.717) is 24.3 Å². The van der Waals surface area contributed by atoms with Gasteiger partial charge in [-0.25, -0.2) is 0 Å². The molecule has 6 heteroatoms. The van der Waals surface area contributed by atoms with Crippen molar-refractivity contribution >= 4 is 28.8 Å². The number of thiophene rings is 1. The van der Waals surface area contributed by atoms with Gasteiger partial charge in [0.05, 0.1) is 12.6 Å². The molecule has 28 heavy (non-hydrogen) atoms. The summed E-state index contributed by atoms with van der Waals surface area (Å²) in [6.07, 6.45) is 2.11. The quantitative estimate of drug-likeness (QED) is 0.774. The molecular weight excluding hydrogens is 372 g/mol. The number of amides is 2. The Balaban J connectivity index is 1.77. The highest BCUT2D eigenvalue weighted by atomic mass is 32.1. The molecule has 1 aliphatic heterocycles. The predicted molar refractivity (Wildman–Crippen MR) is 113 cm³/mol. The zero-order chi connectivity index (χ0) is 20.1. The number of rotatable bonds is 6. The lowest BCUT2D eigenvalue weighted by atomic mass is 9.95. The highest BCUT2D eigenvalue weighted by Crippen LogP contribution is 2.22. The number of benzene rings is 1. The topological polar surface area (TPSA) is 58.6 Å². The Labute approximate surface area is 170 Å². The van der Waals surface area contributed by atoms with Crippen molar-refractivity contribution < 1.29 is 14.3 Å². The highest BCUT2D eigenvalue weighted by molar-refractivity contribution is 7.09. The van der Waals surface area contributed by atoms with Crippen LogP contribution in [0, 0.1) is 5.41 Å². The summed E-state index contributed by atoms with van der Waals surface area (Å²) >= 11 is 1.64. The fourth-order valence-corrected chi connectivity index (χ4v) is 3.79. The zero-order valence-corrected chi connectivity index (χ0v) is 17.6. The SMILES string of the molecule is CC(C)(C)C(=O)Nc1cccc(C(=O)N(Cc2cccs2)CC2CCCO2)c1. The van der Waals surface area contributed by atoms with E-state index in [1.165, 1.54) is 0 Å². The van der Waals surface area contributed by atoms with Gasteiger partial charge in [-0.1, -0.05) is 32.9 Å². The van der Waals surface area contributed by atoms with E-state index < -0.39 is 5.41 Å². The van der Waals surface area contributed by atoms with E-state index in [2.05, 4.69) is 5.32 Å². The molecule has 1 atom stereocenters. The fourth-order valence-electron chi connectivity index (χ4n) is 3.08. The minimum Gasteiger partial charge on any atom is -0.376 e. The molecule has 1 saturated heterocycles. The minimum atomic E-state index is -0.495. The smallest absolute Gasteiger partial charge is 0.254 e. The number of carbonyl (C=O) groups excluding carboxylic acids is 2. The number of hydrogen-bond acceptors (Lipinski definition) is 4. The molecule has 1 N–H and O–H groups in total. The number of hydrogen-bond donors (Lipinski definition) is 1. The summed E-state index contributed by atoms with van der Waals surface area (Å²) in [5.41, 5.74) is 0.714. The molecule has 1 aliphatic rings. The normalized spacial score (nSPS) is 16.8. The number of carbonyl (C=O) groups is 2. The molecule has 0 aliphatic carbocycles. The summed E-state index contributed by atoms with van der Waals surface area (Å²) in [4.78, 5) is 28.5. The molecule has 1 aromatic carbocycles. The molecule has 150 valence electrons. The average molecular weight is 401 g/mol. The molecular formula is C22H28N2O3S. The lowest BCUT2D eigenvalue weighted by molar-refractivity contribution is -0.123. The average Bonchev–Trinajstić information content (AvgIpc) is 3.34. The lowest BCUT2D eigenvalue weighted by Crippen LogP contribution is -2.36. The van der Waals surface area contributed by atoms with Gasteiger partial charge >= 0.3 is 0 Å². The summed E-state index contributed by atoms with van der Waals surface area (Å²) in [5, 5.41) is 4.92. The van der Waals surface area contributed by atoms with Gasteiger partial charge in [-0.05, 0) is 42.5 Å². The standard InChI is InChI=1S/C22H28N2O3S/c1-22(2,3)21(26)23-17-8-4-7-16(13-17)20(25)24(14-18-9-5-11-27-18)15-19-10-6-12-28-19/h4,6-8,10,12-13,18H,5,9,11,14-15H2,1-3H3,(H,23,26). The molecule has 5 nitrogen and oxygen atoms in total. The summed E-state index contributed by atoms with van der Waals surface area (Å²) < 4.78 is 5.75. The summed E-state index contributed by atoms with van der Waals surface area (Å²) in [5.74, 6) is -0.123. The molecule has 1 aromatic heterocycles. The van der Waals surface area contributed by atoms with Crippen LogP contribution in [0.2, 0.25) is 0 Å². The predicted octanol–water partition coefficient (Wildman–Crippen LogP) is 4.55. The van der Waals surface area contributed by atoms with Crippen molar-refractivity contribution in [3.63, 3.8) is 0 Å². The Hall–Kier alpha value is -2.18. The van der Waals surface area contributed by atoms with Gasteiger partial charge in [0.1, 0.15) is 0 Å². The van der Waals surface area contributed by atoms with Gasteiger partial charge in [0, 0.05) is 34.7 Å². The van der Waals surface area contributed by atoms with Gasteiger partial charge in [-0.2, -0.15) is 0 Å². The highest BCUT2D eigenvalue weighted by Gasteiger charge is 2.25. The van der Waals surface area contributed by atoms with Gasteiger partial charge in [-0.15, -0.1) is 11.3 Å². The molecule has 0 radical (unpaired) electrons. The van der Waals surface area contributed by atoms with Gasteiger partial charge in [-0.3, -0.25) is 9.59 Å². The molecule has 2 amide bonds. The lowest BCUT2D eigenvalue weighted by Gasteiger charge is -2.25. The van der Waals surface area contributed by atoms with Crippen LogP contribution in [0.5, 0.6) is 0 Å². The first kappa shape index (κ1) is 20.6. The third-order valence-corrected chi connectivity index (χ3v) is 5.57. The molecule has 0 spiro atoms. The van der Waals surface area contributed by atoms with Crippen molar-refractivity contribution in [3.8, 4) is 0 Å². The van der Waals surface area contributed by atoms with Crippen molar-refractivity contribution in [2.45, 2.75) is 46.3 Å². The first-order chi connectivity index (χ1) is 13.3. The second-order valence-corrected chi connectivity index (χ2v) is 9.22. The molecule has 0 bridgehead atoms. The first-order valence-corrected chi connectivity index (χ1v) is 10.6. The van der Waals surface area contributed by atoms with Crippen molar-refractivity contribution in [1.82, 2.24) is 4.90 Å². The molecule has 2 aromatic rings. The third kappa shape index (κ3) is 5.42. The van der Waals surface area contributed by atoms with E-state index in [1.54, 1.807) is 29.5 Å². The maximum absolute atomic E-state index is 13.3. The zero-order valence-electron chi connectivity index (χ0n) is 16.7. The minimum absolute atomic E-state index is 0.0456. The monoisotopic (exact) mass is 400 g/mol. The third-order valence-electron chi connectivity index (χ3n) is 4.71. The van der Waals surface area contributed by atoms with Crippen LogP contribution < -0.4 is 5.32 Å². The fraction of sp³-hybridized carbons (Fsp3) is 0.455. The van der Waals surface area contributed by atoms with Crippen molar-refractivity contribution in [2.24, 2.45) is 5.41 Å². The maximum Gasteiger partial charge on any atom is 0.254 e. The number of anilines is 1. The van der Waals surface area contributed by atoms with Crippen LogP contribution in [0.3, 0.4) is 0 Å². The second kappa shape index (κ2) is 8.88. The van der Waals surface area contributed by atoms with E-state index in [9.17, 15) is 9.59 Å². The van der Waals surface area contributed by atoms with Gasteiger partial charge in [0.25, 0.3) is 5.91 Å². The Morgan fingerprint density at radius 1 is 1.25 bits per heavy atom. The van der Waals surface area contributed by atoms with Crippen LogP contribution in [-0.2, 0) is 16.1 Å². The molecule has 1 fully saturated rings. The van der Waals surface area contributed by atoms with E-state index in [0.717, 1.165) is 24.3 Å². The van der Waals surface area contributed by atoms with E-state index in [-0.39, 0.29) is 17.9 Å². The van der Waals surface area contributed by atoms with E-state index >= 15 is 0 Å². The van der Waals surface area contributed by atoms with Gasteiger partial charge in [0.2, 0.25) is 5.91 Å². The van der Waals surface area contributed by atoms with Crippen LogP contribution in [0.1, 0.15) is 48.8 Å². The van der Waals surface area contributed by atoms with Gasteiger partial charge in [0.15, 0.2) is 0 Å². The number of nitrogens with zero attached hydrogens (tertiary/aromatic N) is 1. The molecule has 1 unspecified atom stereocenters. The Morgan fingerprint density at radius 2 is 2.07 bits per heavy atom. The Morgan fingerprint density at radius 3 is 2.71 bits per heavy atom. The summed E-state index contributed by atoms with van der Waals surface area (Å²) in [6, 6.07) is 11.2. The van der Waals surface area contributed by atoms with Gasteiger partial charge < -0.3 is 15.0 Å². The van der Waals surface area contributed by atoms with Crippen LogP contribution in [0.25, 0.3) is 0 Å². The van der Waals surface area contributed by atoms with Crippen LogP contribution in [0.4, 0.5) is 5.69 Å². The molecule has 2 heterocycles. The van der Waals surface area contributed by atoms with Crippen LogP contribution in [-0.4, -0.2) is 36.0 Å². The Kier molecular flexibility index (Phi) is 6.52. The van der Waals surface area contributed by atoms with E-state index in [4.69, 9.17) is 4.74 Å². The molecule has 3 rings (SSSR count). The van der Waals surface area contributed by atoms with Crippen molar-refractivity contribution in [3.05, 3.63) is 52.2 Å². The largest absolute Gasteiger partial charge is 0.376 e.